The molecule has 3 aliphatic rings. The smallest absolute Gasteiger partial charge is 0.167 e. The van der Waals surface area contributed by atoms with Crippen molar-refractivity contribution in [1.29, 1.82) is 0 Å². The second-order valence-electron chi connectivity index (χ2n) is 6.75. The van der Waals surface area contributed by atoms with Crippen LogP contribution < -0.4 is 0 Å². The summed E-state index contributed by atoms with van der Waals surface area (Å²) in [6.07, 6.45) is 1.36. The Bertz CT molecular complexity index is 857. The molecule has 21 heavy (non-hydrogen) atoms. The molecule has 0 saturated carbocycles. The van der Waals surface area contributed by atoms with Crippen LogP contribution in [0.25, 0.3) is 22.2 Å². The van der Waals surface area contributed by atoms with Crippen molar-refractivity contribution >= 4 is 16.7 Å². The van der Waals surface area contributed by atoms with Gasteiger partial charge in [-0.15, -0.1) is 0 Å². The zero-order valence-corrected chi connectivity index (χ0v) is 12.5. The number of para-hydroxylation sites is 1. The zero-order valence-electron chi connectivity index (χ0n) is 12.5. The number of ketones is 1. The average Bonchev–Trinajstić information content (AvgIpc) is 2.77. The number of carbonyl (C=O) groups excluding carboxylic acids is 1. The van der Waals surface area contributed by atoms with E-state index in [0.717, 1.165) is 45.7 Å². The first-order chi connectivity index (χ1) is 9.96. The molecule has 2 aliphatic heterocycles. The van der Waals surface area contributed by atoms with Crippen LogP contribution in [0.1, 0.15) is 42.1 Å². The predicted molar refractivity (Wildman–Crippen MR) is 81.8 cm³/mol. The number of aryl methyl sites for hydroxylation is 1. The van der Waals surface area contributed by atoms with Gasteiger partial charge in [0.2, 0.25) is 0 Å². The van der Waals surface area contributed by atoms with Crippen LogP contribution in [0.15, 0.2) is 28.7 Å². The molecule has 106 valence electrons. The minimum atomic E-state index is -0.0382. The molecule has 0 fully saturated rings. The summed E-state index contributed by atoms with van der Waals surface area (Å²) >= 11 is 0. The number of rotatable bonds is 0. The summed E-state index contributed by atoms with van der Waals surface area (Å²) in [5.74, 6) is 1.79. The summed E-state index contributed by atoms with van der Waals surface area (Å²) in [7, 11) is 0. The van der Waals surface area contributed by atoms with E-state index >= 15 is 0 Å². The largest absolute Gasteiger partial charge is 0.463 e. The zero-order chi connectivity index (χ0) is 14.8. The quantitative estimate of drug-likeness (QED) is 0.612. The number of hydrogen-bond donors (Lipinski definition) is 0. The molecule has 0 radical (unpaired) electrons. The van der Waals surface area contributed by atoms with Gasteiger partial charge < -0.3 is 4.42 Å². The lowest BCUT2D eigenvalue weighted by Crippen LogP contribution is -2.27. The Hall–Kier alpha value is -2.16. The molecule has 4 rings (SSSR count). The molecule has 2 heterocycles. The van der Waals surface area contributed by atoms with Gasteiger partial charge in [-0.3, -0.25) is 4.79 Å². The summed E-state index contributed by atoms with van der Waals surface area (Å²) in [4.78, 5) is 17.3. The number of Topliss-reactive ketones (excluding diaryl/α,β-unsaturated/α-hetero) is 1. The number of fused-ring (bicyclic) bond motifs is 5. The fourth-order valence-corrected chi connectivity index (χ4v) is 3.46. The number of aromatic nitrogens is 1. The SMILES string of the molecule is Cc1oc2c(c3c4ccccc4nc1-3)C(=O)CC(C)(C)C2. The standard InChI is InChI=1S/C18H17NO2/c1-10-17-15(11-6-4-5-7-12(11)19-17)16-13(20)8-18(2,3)9-14(16)21-10/h4-7H,8-9H2,1-3H3. The Morgan fingerprint density at radius 1 is 1.14 bits per heavy atom. The number of carbonyl (C=O) groups is 1. The van der Waals surface area contributed by atoms with Crippen molar-refractivity contribution in [2.45, 2.75) is 33.6 Å². The second kappa shape index (κ2) is 3.94. The number of nitrogens with zero attached hydrogens (tertiary/aromatic N) is 1. The van der Waals surface area contributed by atoms with Gasteiger partial charge in [0.15, 0.2) is 5.78 Å². The van der Waals surface area contributed by atoms with Crippen LogP contribution in [0.5, 0.6) is 0 Å². The normalized spacial score (nSPS) is 17.4. The van der Waals surface area contributed by atoms with Crippen molar-refractivity contribution in [3.8, 4) is 11.3 Å². The third-order valence-corrected chi connectivity index (χ3v) is 4.34. The molecular formula is C18H17NO2. The second-order valence-corrected chi connectivity index (χ2v) is 6.75. The molecule has 0 N–H and O–H groups in total. The van der Waals surface area contributed by atoms with Crippen molar-refractivity contribution in [1.82, 2.24) is 4.98 Å². The maximum absolute atomic E-state index is 12.7. The third-order valence-electron chi connectivity index (χ3n) is 4.34. The number of hydrogen-bond acceptors (Lipinski definition) is 3. The van der Waals surface area contributed by atoms with E-state index in [1.807, 2.05) is 31.2 Å². The van der Waals surface area contributed by atoms with E-state index in [1.54, 1.807) is 0 Å². The average molecular weight is 279 g/mol. The molecule has 0 bridgehead atoms. The van der Waals surface area contributed by atoms with Crippen molar-refractivity contribution in [2.75, 3.05) is 0 Å². The summed E-state index contributed by atoms with van der Waals surface area (Å²) < 4.78 is 5.97. The van der Waals surface area contributed by atoms with E-state index in [0.29, 0.717) is 6.42 Å². The lowest BCUT2D eigenvalue weighted by molar-refractivity contribution is 0.0899. The topological polar surface area (TPSA) is 43.1 Å². The minimum absolute atomic E-state index is 0.0382. The highest BCUT2D eigenvalue weighted by molar-refractivity contribution is 6.11. The summed E-state index contributed by atoms with van der Waals surface area (Å²) in [6.45, 7) is 6.16. The molecule has 3 heteroatoms. The van der Waals surface area contributed by atoms with Crippen molar-refractivity contribution < 1.29 is 9.21 Å². The van der Waals surface area contributed by atoms with Gasteiger partial charge in [-0.1, -0.05) is 32.0 Å². The number of benzene rings is 1. The lowest BCUT2D eigenvalue weighted by atomic mass is 9.74. The lowest BCUT2D eigenvalue weighted by Gasteiger charge is -2.30. The van der Waals surface area contributed by atoms with E-state index in [2.05, 4.69) is 18.8 Å². The first-order valence-corrected chi connectivity index (χ1v) is 7.30. The van der Waals surface area contributed by atoms with E-state index in [1.165, 1.54) is 0 Å². The monoisotopic (exact) mass is 279 g/mol. The van der Waals surface area contributed by atoms with E-state index in [-0.39, 0.29) is 11.2 Å². The Labute approximate surface area is 123 Å². The van der Waals surface area contributed by atoms with Gasteiger partial charge in [0.25, 0.3) is 0 Å². The highest BCUT2D eigenvalue weighted by atomic mass is 16.3. The minimum Gasteiger partial charge on any atom is -0.463 e. The van der Waals surface area contributed by atoms with Crippen LogP contribution in [0.2, 0.25) is 0 Å². The molecule has 0 aromatic heterocycles. The maximum Gasteiger partial charge on any atom is 0.167 e. The van der Waals surface area contributed by atoms with Crippen molar-refractivity contribution in [3.63, 3.8) is 0 Å². The fourth-order valence-electron chi connectivity index (χ4n) is 3.46. The van der Waals surface area contributed by atoms with Gasteiger partial charge in [0.05, 0.1) is 11.1 Å². The van der Waals surface area contributed by atoms with Crippen LogP contribution >= 0.6 is 0 Å². The fraction of sp³-hybridized carbons (Fsp3) is 0.333. The molecule has 3 nitrogen and oxygen atoms in total. The molecule has 0 spiro atoms. The predicted octanol–water partition coefficient (Wildman–Crippen LogP) is 4.40. The van der Waals surface area contributed by atoms with E-state index in [9.17, 15) is 4.79 Å². The van der Waals surface area contributed by atoms with E-state index < -0.39 is 0 Å². The van der Waals surface area contributed by atoms with Gasteiger partial charge >= 0.3 is 0 Å². The van der Waals surface area contributed by atoms with Crippen molar-refractivity contribution in [3.05, 3.63) is 41.3 Å². The Morgan fingerprint density at radius 3 is 2.71 bits per heavy atom. The van der Waals surface area contributed by atoms with Crippen molar-refractivity contribution in [2.24, 2.45) is 5.41 Å². The molecule has 0 atom stereocenters. The highest BCUT2D eigenvalue weighted by Gasteiger charge is 2.37. The summed E-state index contributed by atoms with van der Waals surface area (Å²) in [5, 5.41) is 1.05. The molecule has 0 unspecified atom stereocenters. The van der Waals surface area contributed by atoms with Gasteiger partial charge in [0.1, 0.15) is 17.2 Å². The van der Waals surface area contributed by atoms with Crippen LogP contribution in [0.4, 0.5) is 0 Å². The first kappa shape index (κ1) is 12.6. The molecule has 0 saturated heterocycles. The summed E-state index contributed by atoms with van der Waals surface area (Å²) in [6, 6.07) is 7.99. The molecule has 1 aromatic carbocycles. The Kier molecular flexibility index (Phi) is 2.36. The third kappa shape index (κ3) is 1.73. The van der Waals surface area contributed by atoms with Gasteiger partial charge in [-0.2, -0.15) is 0 Å². The van der Waals surface area contributed by atoms with Crippen LogP contribution in [-0.2, 0) is 6.42 Å². The van der Waals surface area contributed by atoms with Gasteiger partial charge in [-0.25, -0.2) is 4.98 Å². The maximum atomic E-state index is 12.7. The summed E-state index contributed by atoms with van der Waals surface area (Å²) in [5.41, 5.74) is 3.44. The van der Waals surface area contributed by atoms with Crippen LogP contribution in [-0.4, -0.2) is 10.8 Å². The van der Waals surface area contributed by atoms with E-state index in [4.69, 9.17) is 4.42 Å². The highest BCUT2D eigenvalue weighted by Crippen LogP contribution is 2.44. The van der Waals surface area contributed by atoms with Crippen LogP contribution in [0, 0.1) is 12.3 Å². The Balaban J connectivity index is 2.15. The van der Waals surface area contributed by atoms with Gasteiger partial charge in [-0.05, 0) is 18.4 Å². The van der Waals surface area contributed by atoms with Gasteiger partial charge in [0, 0.05) is 23.8 Å². The molecule has 1 aromatic rings. The first-order valence-electron chi connectivity index (χ1n) is 7.30. The Morgan fingerprint density at radius 2 is 1.90 bits per heavy atom. The van der Waals surface area contributed by atoms with Crippen LogP contribution in [0.3, 0.4) is 0 Å². The molecule has 0 amide bonds. The molecular weight excluding hydrogens is 262 g/mol. The molecule has 1 aliphatic carbocycles.